The molecule has 0 aromatic rings. The van der Waals surface area contributed by atoms with Crippen LogP contribution in [0.1, 0.15) is 80.6 Å². The summed E-state index contributed by atoms with van der Waals surface area (Å²) in [5.74, 6) is 0.909. The fourth-order valence-corrected chi connectivity index (χ4v) is 3.88. The molecule has 0 amide bonds. The second-order valence-corrected chi connectivity index (χ2v) is 8.65. The number of nitrogens with one attached hydrogen (secondary N) is 1. The lowest BCUT2D eigenvalue weighted by molar-refractivity contribution is 0.172. The molecule has 0 aromatic carbocycles. The molecule has 2 atom stereocenters. The van der Waals surface area contributed by atoms with E-state index < -0.39 is 0 Å². The summed E-state index contributed by atoms with van der Waals surface area (Å²) in [4.78, 5) is 2.58. The Kier molecular flexibility index (Phi) is 7.70. The highest BCUT2D eigenvalue weighted by molar-refractivity contribution is 4.81. The predicted octanol–water partition coefficient (Wildman–Crippen LogP) is 4.69. The first-order chi connectivity index (χ1) is 9.71. The Labute approximate surface area is 134 Å². The van der Waals surface area contributed by atoms with E-state index in [4.69, 9.17) is 0 Å². The molecule has 2 nitrogen and oxygen atoms in total. The summed E-state index contributed by atoms with van der Waals surface area (Å²) in [6.07, 6.45) is 6.96. The molecule has 1 saturated carbocycles. The summed E-state index contributed by atoms with van der Waals surface area (Å²) in [5.41, 5.74) is 0.487. The van der Waals surface area contributed by atoms with Gasteiger partial charge in [0.15, 0.2) is 0 Å². The third-order valence-electron chi connectivity index (χ3n) is 5.32. The van der Waals surface area contributed by atoms with E-state index in [0.717, 1.165) is 18.5 Å². The van der Waals surface area contributed by atoms with Gasteiger partial charge in [0.25, 0.3) is 0 Å². The summed E-state index contributed by atoms with van der Waals surface area (Å²) in [6.45, 7) is 18.8. The smallest absolute Gasteiger partial charge is 0.0112 e. The van der Waals surface area contributed by atoms with Gasteiger partial charge in [-0.1, -0.05) is 27.2 Å². The molecule has 1 fully saturated rings. The van der Waals surface area contributed by atoms with E-state index >= 15 is 0 Å². The van der Waals surface area contributed by atoms with Crippen molar-refractivity contribution in [3.8, 4) is 0 Å². The van der Waals surface area contributed by atoms with E-state index in [1.165, 1.54) is 38.6 Å². The highest BCUT2D eigenvalue weighted by Crippen LogP contribution is 2.36. The van der Waals surface area contributed by atoms with E-state index in [1.54, 1.807) is 0 Å². The van der Waals surface area contributed by atoms with Crippen LogP contribution in [0.5, 0.6) is 0 Å². The van der Waals surface area contributed by atoms with Crippen molar-refractivity contribution in [2.24, 2.45) is 11.3 Å². The zero-order valence-electron chi connectivity index (χ0n) is 15.7. The molecule has 0 bridgehead atoms. The normalized spacial score (nSPS) is 24.9. The first-order valence-corrected chi connectivity index (χ1v) is 9.21. The molecule has 1 rings (SSSR count). The van der Waals surface area contributed by atoms with Gasteiger partial charge in [0, 0.05) is 31.2 Å². The standard InChI is InChI=1S/C19H40N2/c1-15(2)21(16(3)4)14-13-20-18-10-8-9-17(11-12-18)19(5,6)7/h15-18,20H,8-14H2,1-7H3. The third kappa shape index (κ3) is 6.69. The molecule has 0 radical (unpaired) electrons. The highest BCUT2D eigenvalue weighted by atomic mass is 15.2. The van der Waals surface area contributed by atoms with Crippen LogP contribution in [0.15, 0.2) is 0 Å². The van der Waals surface area contributed by atoms with Gasteiger partial charge in [-0.3, -0.25) is 4.90 Å². The van der Waals surface area contributed by atoms with Crippen LogP contribution in [0.3, 0.4) is 0 Å². The molecule has 1 aliphatic carbocycles. The maximum atomic E-state index is 3.83. The van der Waals surface area contributed by atoms with E-state index in [2.05, 4.69) is 58.7 Å². The van der Waals surface area contributed by atoms with Crippen molar-refractivity contribution in [2.75, 3.05) is 13.1 Å². The minimum absolute atomic E-state index is 0.487. The van der Waals surface area contributed by atoms with E-state index in [9.17, 15) is 0 Å². The van der Waals surface area contributed by atoms with Crippen molar-refractivity contribution in [2.45, 2.75) is 98.7 Å². The van der Waals surface area contributed by atoms with Gasteiger partial charge < -0.3 is 5.32 Å². The van der Waals surface area contributed by atoms with Gasteiger partial charge in [-0.2, -0.15) is 0 Å². The number of hydrogen-bond donors (Lipinski definition) is 1. The molecule has 0 heterocycles. The topological polar surface area (TPSA) is 15.3 Å². The van der Waals surface area contributed by atoms with Gasteiger partial charge >= 0.3 is 0 Å². The number of nitrogens with zero attached hydrogens (tertiary/aromatic N) is 1. The van der Waals surface area contributed by atoms with Crippen LogP contribution in [0.2, 0.25) is 0 Å². The fourth-order valence-electron chi connectivity index (χ4n) is 3.88. The van der Waals surface area contributed by atoms with Crippen molar-refractivity contribution in [3.63, 3.8) is 0 Å². The lowest BCUT2D eigenvalue weighted by atomic mass is 9.76. The minimum atomic E-state index is 0.487. The lowest BCUT2D eigenvalue weighted by Gasteiger charge is -2.31. The summed E-state index contributed by atoms with van der Waals surface area (Å²) in [6, 6.07) is 2.04. The molecular formula is C19H40N2. The lowest BCUT2D eigenvalue weighted by Crippen LogP contribution is -2.43. The second-order valence-electron chi connectivity index (χ2n) is 8.65. The van der Waals surface area contributed by atoms with Crippen molar-refractivity contribution >= 4 is 0 Å². The van der Waals surface area contributed by atoms with Gasteiger partial charge in [-0.25, -0.2) is 0 Å². The second kappa shape index (κ2) is 8.53. The van der Waals surface area contributed by atoms with E-state index in [1.807, 2.05) is 0 Å². The van der Waals surface area contributed by atoms with Crippen LogP contribution in [-0.4, -0.2) is 36.1 Å². The molecule has 1 N–H and O–H groups in total. The van der Waals surface area contributed by atoms with E-state index in [0.29, 0.717) is 17.5 Å². The Bertz CT molecular complexity index is 270. The van der Waals surface area contributed by atoms with Crippen LogP contribution >= 0.6 is 0 Å². The molecule has 0 spiro atoms. The summed E-state index contributed by atoms with van der Waals surface area (Å²) in [7, 11) is 0. The number of rotatable bonds is 6. The fraction of sp³-hybridized carbons (Fsp3) is 1.00. The van der Waals surface area contributed by atoms with Gasteiger partial charge in [0.1, 0.15) is 0 Å². The van der Waals surface area contributed by atoms with Crippen molar-refractivity contribution < 1.29 is 0 Å². The Morgan fingerprint density at radius 1 is 0.952 bits per heavy atom. The summed E-state index contributed by atoms with van der Waals surface area (Å²) >= 11 is 0. The predicted molar refractivity (Wildman–Crippen MR) is 94.8 cm³/mol. The van der Waals surface area contributed by atoms with Crippen molar-refractivity contribution in [1.82, 2.24) is 10.2 Å². The largest absolute Gasteiger partial charge is 0.313 e. The zero-order chi connectivity index (χ0) is 16.0. The molecule has 21 heavy (non-hydrogen) atoms. The zero-order valence-corrected chi connectivity index (χ0v) is 15.7. The molecule has 0 aliphatic heterocycles. The molecular weight excluding hydrogens is 256 g/mol. The summed E-state index contributed by atoms with van der Waals surface area (Å²) < 4.78 is 0. The van der Waals surface area contributed by atoms with Crippen LogP contribution < -0.4 is 5.32 Å². The molecule has 1 aliphatic rings. The van der Waals surface area contributed by atoms with Gasteiger partial charge in [-0.15, -0.1) is 0 Å². The molecule has 0 aromatic heterocycles. The Balaban J connectivity index is 2.33. The third-order valence-corrected chi connectivity index (χ3v) is 5.32. The van der Waals surface area contributed by atoms with Crippen molar-refractivity contribution in [3.05, 3.63) is 0 Å². The summed E-state index contributed by atoms with van der Waals surface area (Å²) in [5, 5.41) is 3.83. The highest BCUT2D eigenvalue weighted by Gasteiger charge is 2.27. The maximum Gasteiger partial charge on any atom is 0.0112 e. The number of hydrogen-bond acceptors (Lipinski definition) is 2. The Morgan fingerprint density at radius 3 is 2.10 bits per heavy atom. The molecule has 126 valence electrons. The van der Waals surface area contributed by atoms with Crippen LogP contribution in [0.25, 0.3) is 0 Å². The van der Waals surface area contributed by atoms with Gasteiger partial charge in [0.2, 0.25) is 0 Å². The van der Waals surface area contributed by atoms with Gasteiger partial charge in [0.05, 0.1) is 0 Å². The quantitative estimate of drug-likeness (QED) is 0.715. The Morgan fingerprint density at radius 2 is 1.57 bits per heavy atom. The Hall–Kier alpha value is -0.0800. The SMILES string of the molecule is CC(C)N(CCNC1CCCC(C(C)(C)C)CC1)C(C)C. The van der Waals surface area contributed by atoms with Gasteiger partial charge in [-0.05, 0) is 64.7 Å². The molecule has 0 saturated heterocycles. The maximum absolute atomic E-state index is 3.83. The first-order valence-electron chi connectivity index (χ1n) is 9.21. The first kappa shape index (κ1) is 19.0. The molecule has 2 heteroatoms. The van der Waals surface area contributed by atoms with Crippen molar-refractivity contribution in [1.29, 1.82) is 0 Å². The monoisotopic (exact) mass is 296 g/mol. The van der Waals surface area contributed by atoms with Crippen LogP contribution in [0, 0.1) is 11.3 Å². The molecule has 2 unspecified atom stereocenters. The minimum Gasteiger partial charge on any atom is -0.313 e. The van der Waals surface area contributed by atoms with E-state index in [-0.39, 0.29) is 0 Å². The average Bonchev–Trinajstić information content (AvgIpc) is 2.58. The van der Waals surface area contributed by atoms with Crippen LogP contribution in [-0.2, 0) is 0 Å². The average molecular weight is 297 g/mol. The van der Waals surface area contributed by atoms with Crippen LogP contribution in [0.4, 0.5) is 0 Å².